The van der Waals surface area contributed by atoms with Gasteiger partial charge in [0.2, 0.25) is 5.91 Å². The second-order valence-electron chi connectivity index (χ2n) is 5.21. The van der Waals surface area contributed by atoms with Gasteiger partial charge in [0.15, 0.2) is 5.78 Å². The summed E-state index contributed by atoms with van der Waals surface area (Å²) in [6, 6.07) is 3.97. The molecule has 5 heteroatoms. The second-order valence-corrected chi connectivity index (χ2v) is 6.38. The molecule has 0 aromatic carbocycles. The number of likely N-dealkylation sites (tertiary alicyclic amines) is 1. The lowest BCUT2D eigenvalue weighted by Gasteiger charge is -2.30. The maximum Gasteiger partial charge on any atom is 0.222 e. The van der Waals surface area contributed by atoms with Gasteiger partial charge in [0.25, 0.3) is 0 Å². The molecule has 0 aliphatic carbocycles. The van der Waals surface area contributed by atoms with E-state index in [2.05, 4.69) is 17.1 Å². The van der Waals surface area contributed by atoms with Crippen molar-refractivity contribution in [2.75, 3.05) is 26.7 Å². The van der Waals surface area contributed by atoms with E-state index in [4.69, 9.17) is 0 Å². The van der Waals surface area contributed by atoms with Crippen LogP contribution in [0.15, 0.2) is 12.1 Å². The Labute approximate surface area is 124 Å². The molecule has 1 aromatic heterocycles. The molecule has 2 heterocycles. The Morgan fingerprint density at radius 2 is 2.05 bits per heavy atom. The van der Waals surface area contributed by atoms with Gasteiger partial charge in [0.05, 0.1) is 11.4 Å². The van der Waals surface area contributed by atoms with Crippen LogP contribution in [0.2, 0.25) is 0 Å². The summed E-state index contributed by atoms with van der Waals surface area (Å²) in [7, 11) is 1.68. The smallest absolute Gasteiger partial charge is 0.222 e. The van der Waals surface area contributed by atoms with Crippen molar-refractivity contribution in [3.63, 3.8) is 0 Å². The molecule has 0 unspecified atom stereocenters. The Balaban J connectivity index is 1.83. The molecule has 1 fully saturated rings. The Morgan fingerprint density at radius 3 is 2.60 bits per heavy atom. The first-order chi connectivity index (χ1) is 9.63. The summed E-state index contributed by atoms with van der Waals surface area (Å²) < 4.78 is 0. The predicted octanol–water partition coefficient (Wildman–Crippen LogP) is 1.95. The molecule has 1 saturated heterocycles. The summed E-state index contributed by atoms with van der Waals surface area (Å²) in [4.78, 5) is 28.0. The monoisotopic (exact) mass is 294 g/mol. The third-order valence-electron chi connectivity index (χ3n) is 3.86. The van der Waals surface area contributed by atoms with Gasteiger partial charge in [-0.1, -0.05) is 6.92 Å². The first-order valence-corrected chi connectivity index (χ1v) is 8.01. The van der Waals surface area contributed by atoms with Crippen LogP contribution in [0.4, 0.5) is 0 Å². The number of nitrogens with one attached hydrogen (secondary N) is 1. The zero-order chi connectivity index (χ0) is 14.5. The number of hydrogen-bond donors (Lipinski definition) is 1. The van der Waals surface area contributed by atoms with Gasteiger partial charge < -0.3 is 5.32 Å². The van der Waals surface area contributed by atoms with Crippen LogP contribution in [0, 0.1) is 5.92 Å². The number of hydrogen-bond acceptors (Lipinski definition) is 4. The molecule has 1 aliphatic rings. The molecule has 1 aromatic rings. The lowest BCUT2D eigenvalue weighted by Crippen LogP contribution is -2.41. The van der Waals surface area contributed by atoms with Crippen molar-refractivity contribution in [2.24, 2.45) is 5.92 Å². The van der Waals surface area contributed by atoms with Crippen molar-refractivity contribution in [3.05, 3.63) is 21.9 Å². The number of Topliss-reactive ketones (excluding diaryl/α,β-unsaturated/α-hetero) is 1. The molecule has 4 nitrogen and oxygen atoms in total. The Hall–Kier alpha value is -1.20. The fourth-order valence-corrected chi connectivity index (χ4v) is 3.43. The number of amides is 1. The van der Waals surface area contributed by atoms with Gasteiger partial charge in [-0.2, -0.15) is 0 Å². The molecular weight excluding hydrogens is 272 g/mol. The summed E-state index contributed by atoms with van der Waals surface area (Å²) in [6.07, 6.45) is 2.67. The van der Waals surface area contributed by atoms with Gasteiger partial charge in [-0.3, -0.25) is 14.5 Å². The summed E-state index contributed by atoms with van der Waals surface area (Å²) in [5, 5.41) is 2.70. The zero-order valence-electron chi connectivity index (χ0n) is 12.1. The average molecular weight is 294 g/mol. The highest BCUT2D eigenvalue weighted by molar-refractivity contribution is 7.14. The normalized spacial score (nSPS) is 17.1. The fourth-order valence-electron chi connectivity index (χ4n) is 2.56. The predicted molar refractivity (Wildman–Crippen MR) is 81.3 cm³/mol. The van der Waals surface area contributed by atoms with Crippen molar-refractivity contribution in [3.8, 4) is 0 Å². The average Bonchev–Trinajstić information content (AvgIpc) is 2.96. The summed E-state index contributed by atoms with van der Waals surface area (Å²) in [6.45, 7) is 4.24. The van der Waals surface area contributed by atoms with Crippen LogP contribution in [0.25, 0.3) is 0 Å². The van der Waals surface area contributed by atoms with Crippen LogP contribution in [0.5, 0.6) is 0 Å². The molecule has 1 aliphatic heterocycles. The first-order valence-electron chi connectivity index (χ1n) is 7.20. The highest BCUT2D eigenvalue weighted by atomic mass is 32.1. The number of thiophene rings is 1. The van der Waals surface area contributed by atoms with Crippen LogP contribution in [0.3, 0.4) is 0 Å². The quantitative estimate of drug-likeness (QED) is 0.845. The van der Waals surface area contributed by atoms with Crippen molar-refractivity contribution in [2.45, 2.75) is 26.2 Å². The van der Waals surface area contributed by atoms with E-state index in [0.717, 1.165) is 37.2 Å². The van der Waals surface area contributed by atoms with E-state index in [1.165, 1.54) is 4.88 Å². The lowest BCUT2D eigenvalue weighted by atomic mass is 9.96. The van der Waals surface area contributed by atoms with Crippen molar-refractivity contribution in [1.82, 2.24) is 10.2 Å². The van der Waals surface area contributed by atoms with Crippen molar-refractivity contribution in [1.29, 1.82) is 0 Å². The molecule has 1 amide bonds. The summed E-state index contributed by atoms with van der Waals surface area (Å²) in [5.74, 6) is 0.440. The van der Waals surface area contributed by atoms with E-state index < -0.39 is 0 Å². The van der Waals surface area contributed by atoms with Crippen LogP contribution in [-0.2, 0) is 11.2 Å². The highest BCUT2D eigenvalue weighted by Gasteiger charge is 2.25. The molecule has 1 N–H and O–H groups in total. The molecular formula is C15H22N2O2S. The van der Waals surface area contributed by atoms with E-state index in [-0.39, 0.29) is 17.6 Å². The van der Waals surface area contributed by atoms with E-state index in [1.54, 1.807) is 18.4 Å². The second kappa shape index (κ2) is 6.99. The van der Waals surface area contributed by atoms with Gasteiger partial charge in [-0.15, -0.1) is 11.3 Å². The summed E-state index contributed by atoms with van der Waals surface area (Å²) in [5.41, 5.74) is 0. The van der Waals surface area contributed by atoms with Gasteiger partial charge in [-0.25, -0.2) is 0 Å². The molecule has 0 atom stereocenters. The summed E-state index contributed by atoms with van der Waals surface area (Å²) >= 11 is 1.60. The number of piperidine rings is 1. The molecule has 2 rings (SSSR count). The topological polar surface area (TPSA) is 49.4 Å². The van der Waals surface area contributed by atoms with Crippen LogP contribution >= 0.6 is 11.3 Å². The minimum absolute atomic E-state index is 0.111. The van der Waals surface area contributed by atoms with Crippen LogP contribution < -0.4 is 5.32 Å². The van der Waals surface area contributed by atoms with E-state index in [0.29, 0.717) is 6.54 Å². The van der Waals surface area contributed by atoms with E-state index >= 15 is 0 Å². The maximum absolute atomic E-state index is 12.2. The van der Waals surface area contributed by atoms with Gasteiger partial charge in [0, 0.05) is 17.8 Å². The minimum atomic E-state index is 0.111. The molecule has 0 radical (unpaired) electrons. The Bertz CT molecular complexity index is 476. The molecule has 110 valence electrons. The number of rotatable bonds is 5. The van der Waals surface area contributed by atoms with Gasteiger partial charge >= 0.3 is 0 Å². The lowest BCUT2D eigenvalue weighted by molar-refractivity contribution is -0.125. The van der Waals surface area contributed by atoms with E-state index in [1.807, 2.05) is 12.1 Å². The minimum Gasteiger partial charge on any atom is -0.359 e. The molecule has 0 bridgehead atoms. The molecule has 0 saturated carbocycles. The van der Waals surface area contributed by atoms with E-state index in [9.17, 15) is 9.59 Å². The fraction of sp³-hybridized carbons (Fsp3) is 0.600. The standard InChI is InChI=1S/C15H22N2O2S/c1-3-12-4-5-14(20-12)13(18)10-17-8-6-11(7-9-17)15(19)16-2/h4-5,11H,3,6-10H2,1-2H3,(H,16,19). The van der Waals surface area contributed by atoms with Gasteiger partial charge in [0.1, 0.15) is 0 Å². The number of nitrogens with zero attached hydrogens (tertiary/aromatic N) is 1. The highest BCUT2D eigenvalue weighted by Crippen LogP contribution is 2.20. The molecule has 20 heavy (non-hydrogen) atoms. The van der Waals surface area contributed by atoms with Crippen LogP contribution in [-0.4, -0.2) is 43.3 Å². The Morgan fingerprint density at radius 1 is 1.35 bits per heavy atom. The number of ketones is 1. The third kappa shape index (κ3) is 3.67. The first kappa shape index (κ1) is 15.2. The maximum atomic E-state index is 12.2. The zero-order valence-corrected chi connectivity index (χ0v) is 13.0. The number of carbonyl (C=O) groups excluding carboxylic acids is 2. The van der Waals surface area contributed by atoms with Crippen molar-refractivity contribution >= 4 is 23.0 Å². The Kier molecular flexibility index (Phi) is 5.31. The van der Waals surface area contributed by atoms with Crippen molar-refractivity contribution < 1.29 is 9.59 Å². The number of aryl methyl sites for hydroxylation is 1. The van der Waals surface area contributed by atoms with Gasteiger partial charge in [-0.05, 0) is 44.5 Å². The van der Waals surface area contributed by atoms with Crippen LogP contribution in [0.1, 0.15) is 34.3 Å². The third-order valence-corrected chi connectivity index (χ3v) is 5.13. The number of carbonyl (C=O) groups is 2. The SMILES string of the molecule is CCc1ccc(C(=O)CN2CCC(C(=O)NC)CC2)s1. The molecule has 0 spiro atoms. The largest absolute Gasteiger partial charge is 0.359 e.